The SMILES string of the molecule is CCOC(=O)N1CCN(C(=O)CN(c2ccccc2)S(=O)(=O)N(C)C)CC1. The molecule has 2 rings (SSSR count). The van der Waals surface area contributed by atoms with Crippen molar-refractivity contribution in [1.29, 1.82) is 0 Å². The van der Waals surface area contributed by atoms with Gasteiger partial charge in [0.2, 0.25) is 5.91 Å². The van der Waals surface area contributed by atoms with Crippen molar-refractivity contribution < 1.29 is 22.7 Å². The van der Waals surface area contributed by atoms with Gasteiger partial charge in [0.25, 0.3) is 0 Å². The van der Waals surface area contributed by atoms with Gasteiger partial charge in [-0.1, -0.05) is 18.2 Å². The fraction of sp³-hybridized carbons (Fsp3) is 0.529. The van der Waals surface area contributed by atoms with Gasteiger partial charge in [-0.05, 0) is 19.1 Å². The van der Waals surface area contributed by atoms with Crippen molar-refractivity contribution in [3.05, 3.63) is 30.3 Å². The van der Waals surface area contributed by atoms with Gasteiger partial charge in [-0.3, -0.25) is 4.79 Å². The first-order chi connectivity index (χ1) is 12.8. The number of para-hydroxylation sites is 1. The molecule has 0 spiro atoms. The van der Waals surface area contributed by atoms with Gasteiger partial charge in [-0.15, -0.1) is 0 Å². The highest BCUT2D eigenvalue weighted by Crippen LogP contribution is 2.19. The van der Waals surface area contributed by atoms with E-state index >= 15 is 0 Å². The van der Waals surface area contributed by atoms with Crippen LogP contribution in [0.4, 0.5) is 10.5 Å². The summed E-state index contributed by atoms with van der Waals surface area (Å²) < 4.78 is 32.5. The fourth-order valence-corrected chi connectivity index (χ4v) is 3.73. The van der Waals surface area contributed by atoms with Crippen molar-refractivity contribution >= 4 is 27.9 Å². The number of ether oxygens (including phenoxy) is 1. The highest BCUT2D eigenvalue weighted by atomic mass is 32.2. The van der Waals surface area contributed by atoms with Crippen LogP contribution in [0.2, 0.25) is 0 Å². The number of hydrogen-bond acceptors (Lipinski definition) is 5. The van der Waals surface area contributed by atoms with Gasteiger partial charge in [0.1, 0.15) is 6.54 Å². The van der Waals surface area contributed by atoms with Crippen LogP contribution in [-0.2, 0) is 19.7 Å². The van der Waals surface area contributed by atoms with E-state index in [1.54, 1.807) is 47.1 Å². The zero-order chi connectivity index (χ0) is 20.0. The molecule has 1 aliphatic rings. The summed E-state index contributed by atoms with van der Waals surface area (Å²) in [6.45, 7) is 3.12. The topological polar surface area (TPSA) is 90.5 Å². The fourth-order valence-electron chi connectivity index (χ4n) is 2.67. The van der Waals surface area contributed by atoms with Crippen LogP contribution < -0.4 is 4.31 Å². The van der Waals surface area contributed by atoms with E-state index in [1.807, 2.05) is 0 Å². The van der Waals surface area contributed by atoms with Gasteiger partial charge in [-0.2, -0.15) is 12.7 Å². The Morgan fingerprint density at radius 1 is 1.04 bits per heavy atom. The number of benzene rings is 1. The molecule has 27 heavy (non-hydrogen) atoms. The van der Waals surface area contributed by atoms with Crippen molar-refractivity contribution in [2.45, 2.75) is 6.92 Å². The number of piperazine rings is 1. The van der Waals surface area contributed by atoms with Crippen molar-refractivity contribution in [1.82, 2.24) is 14.1 Å². The highest BCUT2D eigenvalue weighted by molar-refractivity contribution is 7.90. The van der Waals surface area contributed by atoms with E-state index in [0.29, 0.717) is 38.5 Å². The van der Waals surface area contributed by atoms with Crippen molar-refractivity contribution in [3.63, 3.8) is 0 Å². The molecular formula is C17H26N4O5S. The lowest BCUT2D eigenvalue weighted by Crippen LogP contribution is -2.54. The Bertz CT molecular complexity index is 746. The van der Waals surface area contributed by atoms with Gasteiger partial charge in [0, 0.05) is 40.3 Å². The van der Waals surface area contributed by atoms with E-state index in [-0.39, 0.29) is 12.5 Å². The molecular weight excluding hydrogens is 372 g/mol. The molecule has 1 aromatic carbocycles. The second-order valence-corrected chi connectivity index (χ2v) is 8.27. The molecule has 1 fully saturated rings. The molecule has 1 heterocycles. The lowest BCUT2D eigenvalue weighted by molar-refractivity contribution is -0.131. The van der Waals surface area contributed by atoms with Gasteiger partial charge in [0.05, 0.1) is 12.3 Å². The summed E-state index contributed by atoms with van der Waals surface area (Å²) >= 11 is 0. The van der Waals surface area contributed by atoms with Crippen LogP contribution in [0.25, 0.3) is 0 Å². The van der Waals surface area contributed by atoms with Crippen molar-refractivity contribution in [3.8, 4) is 0 Å². The first-order valence-corrected chi connectivity index (χ1v) is 10.1. The lowest BCUT2D eigenvalue weighted by Gasteiger charge is -2.35. The molecule has 0 aliphatic carbocycles. The Labute approximate surface area is 160 Å². The largest absolute Gasteiger partial charge is 0.450 e. The highest BCUT2D eigenvalue weighted by Gasteiger charge is 2.31. The Morgan fingerprint density at radius 2 is 1.59 bits per heavy atom. The smallest absolute Gasteiger partial charge is 0.409 e. The van der Waals surface area contributed by atoms with Crippen LogP contribution in [0.15, 0.2) is 30.3 Å². The maximum Gasteiger partial charge on any atom is 0.409 e. The van der Waals surface area contributed by atoms with Crippen LogP contribution in [0.5, 0.6) is 0 Å². The van der Waals surface area contributed by atoms with Crippen LogP contribution in [0.1, 0.15) is 6.92 Å². The monoisotopic (exact) mass is 398 g/mol. The molecule has 1 aliphatic heterocycles. The normalized spacial score (nSPS) is 15.0. The standard InChI is InChI=1S/C17H26N4O5S/c1-4-26-17(23)20-12-10-19(11-13-20)16(22)14-21(27(24,25)18(2)3)15-8-6-5-7-9-15/h5-9H,4,10-14H2,1-3H3. The maximum absolute atomic E-state index is 12.7. The van der Waals surface area contributed by atoms with E-state index < -0.39 is 16.3 Å². The molecule has 150 valence electrons. The minimum absolute atomic E-state index is 0.298. The van der Waals surface area contributed by atoms with E-state index in [4.69, 9.17) is 4.74 Å². The third-order valence-corrected chi connectivity index (χ3v) is 6.04. The molecule has 0 unspecified atom stereocenters. The summed E-state index contributed by atoms with van der Waals surface area (Å²) in [6, 6.07) is 8.51. The predicted octanol–water partition coefficient (Wildman–Crippen LogP) is 0.600. The molecule has 10 heteroatoms. The summed E-state index contributed by atoms with van der Waals surface area (Å²) in [5.74, 6) is -0.312. The van der Waals surface area contributed by atoms with Crippen molar-refractivity contribution in [2.24, 2.45) is 0 Å². The van der Waals surface area contributed by atoms with Gasteiger partial charge < -0.3 is 14.5 Å². The quantitative estimate of drug-likeness (QED) is 0.700. The molecule has 0 N–H and O–H groups in total. The first-order valence-electron chi connectivity index (χ1n) is 8.72. The Balaban J connectivity index is 2.08. The lowest BCUT2D eigenvalue weighted by atomic mass is 10.3. The Morgan fingerprint density at radius 3 is 2.11 bits per heavy atom. The number of carbonyl (C=O) groups is 2. The minimum Gasteiger partial charge on any atom is -0.450 e. The van der Waals surface area contributed by atoms with Gasteiger partial charge in [-0.25, -0.2) is 9.10 Å². The molecule has 1 aromatic rings. The van der Waals surface area contributed by atoms with Crippen LogP contribution >= 0.6 is 0 Å². The van der Waals surface area contributed by atoms with Crippen LogP contribution in [0, 0.1) is 0 Å². The molecule has 0 radical (unpaired) electrons. The summed E-state index contributed by atoms with van der Waals surface area (Å²) in [5.41, 5.74) is 0.421. The van der Waals surface area contributed by atoms with E-state index in [0.717, 1.165) is 8.61 Å². The molecule has 2 amide bonds. The second-order valence-electron chi connectivity index (χ2n) is 6.20. The maximum atomic E-state index is 12.7. The van der Waals surface area contributed by atoms with E-state index in [1.165, 1.54) is 14.1 Å². The van der Waals surface area contributed by atoms with E-state index in [2.05, 4.69) is 0 Å². The third-order valence-electron chi connectivity index (χ3n) is 4.22. The van der Waals surface area contributed by atoms with Crippen molar-refractivity contribution in [2.75, 3.05) is 57.7 Å². The second kappa shape index (κ2) is 9.05. The van der Waals surface area contributed by atoms with Crippen LogP contribution in [-0.4, -0.2) is 87.9 Å². The third kappa shape index (κ3) is 5.10. The summed E-state index contributed by atoms with van der Waals surface area (Å²) in [7, 11) is -0.974. The minimum atomic E-state index is -3.82. The van der Waals surface area contributed by atoms with Gasteiger partial charge in [0.15, 0.2) is 0 Å². The molecule has 9 nitrogen and oxygen atoms in total. The Hall–Kier alpha value is -2.33. The number of hydrogen-bond donors (Lipinski definition) is 0. The summed E-state index contributed by atoms with van der Waals surface area (Å²) in [6.07, 6.45) is -0.398. The zero-order valence-electron chi connectivity index (χ0n) is 15.9. The first kappa shape index (κ1) is 21.0. The van der Waals surface area contributed by atoms with Crippen LogP contribution in [0.3, 0.4) is 0 Å². The summed E-state index contributed by atoms with van der Waals surface area (Å²) in [4.78, 5) is 27.6. The molecule has 0 saturated carbocycles. The zero-order valence-corrected chi connectivity index (χ0v) is 16.7. The number of nitrogens with zero attached hydrogens (tertiary/aromatic N) is 4. The molecule has 0 aromatic heterocycles. The number of rotatable bonds is 6. The number of amides is 2. The average molecular weight is 398 g/mol. The number of anilines is 1. The van der Waals surface area contributed by atoms with Gasteiger partial charge >= 0.3 is 16.3 Å². The molecule has 1 saturated heterocycles. The molecule has 0 bridgehead atoms. The van der Waals surface area contributed by atoms with E-state index in [9.17, 15) is 18.0 Å². The predicted molar refractivity (Wildman–Crippen MR) is 102 cm³/mol. The number of carbonyl (C=O) groups excluding carboxylic acids is 2. The summed E-state index contributed by atoms with van der Waals surface area (Å²) in [5, 5.41) is 0. The average Bonchev–Trinajstić information content (AvgIpc) is 2.66. The molecule has 0 atom stereocenters. The Kier molecular flexibility index (Phi) is 7.03.